The summed E-state index contributed by atoms with van der Waals surface area (Å²) in [6, 6.07) is 13.3. The number of nitrogens with one attached hydrogen (secondary N) is 4. The first-order chi connectivity index (χ1) is 13.6. The number of imidazole rings is 1. The van der Waals surface area contributed by atoms with Crippen molar-refractivity contribution in [3.63, 3.8) is 0 Å². The van der Waals surface area contributed by atoms with Crippen LogP contribution in [0.1, 0.15) is 12.5 Å². The van der Waals surface area contributed by atoms with Gasteiger partial charge in [-0.05, 0) is 30.2 Å². The van der Waals surface area contributed by atoms with E-state index in [0.29, 0.717) is 27.7 Å². The highest BCUT2D eigenvalue weighted by molar-refractivity contribution is 7.99. The van der Waals surface area contributed by atoms with Gasteiger partial charge < -0.3 is 15.3 Å². The van der Waals surface area contributed by atoms with Crippen molar-refractivity contribution in [1.29, 1.82) is 0 Å². The number of anilines is 1. The van der Waals surface area contributed by atoms with Crippen LogP contribution in [-0.4, -0.2) is 36.8 Å². The van der Waals surface area contributed by atoms with Gasteiger partial charge in [0.25, 0.3) is 0 Å². The molecule has 28 heavy (non-hydrogen) atoms. The van der Waals surface area contributed by atoms with Crippen molar-refractivity contribution < 1.29 is 4.79 Å². The maximum absolute atomic E-state index is 12.2. The molecule has 8 nitrogen and oxygen atoms in total. The molecule has 4 N–H and O–H groups in total. The van der Waals surface area contributed by atoms with Gasteiger partial charge in [-0.3, -0.25) is 9.89 Å². The largest absolute Gasteiger partial charge is 0.325 e. The molecular formula is C19H18N6O2S. The smallest absolute Gasteiger partial charge is 0.323 e. The Morgan fingerprint density at radius 1 is 1.11 bits per heavy atom. The summed E-state index contributed by atoms with van der Waals surface area (Å²) >= 11 is 1.25. The fraction of sp³-hybridized carbons (Fsp3) is 0.158. The molecule has 2 aromatic heterocycles. The number of fused-ring (bicyclic) bond motifs is 1. The molecule has 0 aliphatic rings. The fourth-order valence-corrected chi connectivity index (χ4v) is 3.37. The van der Waals surface area contributed by atoms with Crippen LogP contribution in [0.2, 0.25) is 0 Å². The number of thioether (sulfide) groups is 1. The van der Waals surface area contributed by atoms with E-state index >= 15 is 0 Å². The van der Waals surface area contributed by atoms with Crippen LogP contribution >= 0.6 is 11.8 Å². The van der Waals surface area contributed by atoms with Crippen molar-refractivity contribution in [2.24, 2.45) is 0 Å². The van der Waals surface area contributed by atoms with Crippen LogP contribution in [0.4, 0.5) is 5.69 Å². The van der Waals surface area contributed by atoms with Gasteiger partial charge in [0, 0.05) is 11.3 Å². The van der Waals surface area contributed by atoms with Crippen molar-refractivity contribution in [2.45, 2.75) is 18.5 Å². The van der Waals surface area contributed by atoms with E-state index in [1.165, 1.54) is 17.3 Å². The number of carbonyl (C=O) groups is 1. The van der Waals surface area contributed by atoms with Crippen molar-refractivity contribution in [3.8, 4) is 11.4 Å². The maximum atomic E-state index is 12.2. The lowest BCUT2D eigenvalue weighted by atomic mass is 10.1. The number of carbonyl (C=O) groups excluding carboxylic acids is 1. The highest BCUT2D eigenvalue weighted by Gasteiger charge is 2.10. The third kappa shape index (κ3) is 3.99. The van der Waals surface area contributed by atoms with E-state index < -0.39 is 0 Å². The number of aromatic nitrogens is 5. The van der Waals surface area contributed by atoms with Crippen LogP contribution in [0.25, 0.3) is 22.4 Å². The Hall–Kier alpha value is -3.33. The van der Waals surface area contributed by atoms with Gasteiger partial charge >= 0.3 is 5.69 Å². The number of aryl methyl sites for hydroxylation is 1. The van der Waals surface area contributed by atoms with E-state index in [4.69, 9.17) is 0 Å². The number of aromatic amines is 3. The topological polar surface area (TPSA) is 119 Å². The Bertz CT molecular complexity index is 1180. The number of hydrogen-bond donors (Lipinski definition) is 4. The fourth-order valence-electron chi connectivity index (χ4n) is 2.78. The molecule has 2 heterocycles. The van der Waals surface area contributed by atoms with Gasteiger partial charge in [0.2, 0.25) is 11.1 Å². The van der Waals surface area contributed by atoms with Crippen molar-refractivity contribution >= 4 is 34.4 Å². The third-order valence-corrected chi connectivity index (χ3v) is 5.08. The zero-order valence-corrected chi connectivity index (χ0v) is 15.9. The SMILES string of the molecule is CCc1ccc(-c2nc(SCC(=O)Nc3ccc4[nH]c(=O)[nH]c4c3)n[nH]2)cc1. The molecule has 4 aromatic rings. The Morgan fingerprint density at radius 2 is 1.89 bits per heavy atom. The molecule has 0 aliphatic carbocycles. The lowest BCUT2D eigenvalue weighted by Crippen LogP contribution is -2.14. The number of nitrogens with zero attached hydrogens (tertiary/aromatic N) is 2. The molecule has 0 saturated heterocycles. The van der Waals surface area contributed by atoms with Crippen LogP contribution < -0.4 is 11.0 Å². The van der Waals surface area contributed by atoms with Gasteiger partial charge in [-0.15, -0.1) is 5.10 Å². The first kappa shape index (κ1) is 18.1. The molecular weight excluding hydrogens is 376 g/mol. The van der Waals surface area contributed by atoms with Crippen LogP contribution in [0.3, 0.4) is 0 Å². The summed E-state index contributed by atoms with van der Waals surface area (Å²) in [6.07, 6.45) is 0.986. The standard InChI is InChI=1S/C19H18N6O2S/c1-2-11-3-5-12(6-4-11)17-23-19(25-24-17)28-10-16(26)20-13-7-8-14-15(9-13)22-18(27)21-14/h3-9H,2,10H2,1H3,(H,20,26)(H2,21,22,27)(H,23,24,25). The van der Waals surface area contributed by atoms with Gasteiger partial charge in [-0.1, -0.05) is 43.0 Å². The molecule has 0 atom stereocenters. The zero-order valence-electron chi connectivity index (χ0n) is 15.1. The van der Waals surface area contributed by atoms with E-state index in [2.05, 4.69) is 49.5 Å². The van der Waals surface area contributed by atoms with E-state index in [-0.39, 0.29) is 17.3 Å². The van der Waals surface area contributed by atoms with Gasteiger partial charge in [0.1, 0.15) is 0 Å². The average Bonchev–Trinajstić information content (AvgIpc) is 3.32. The van der Waals surface area contributed by atoms with Crippen molar-refractivity contribution in [1.82, 2.24) is 25.1 Å². The van der Waals surface area contributed by atoms with Crippen LogP contribution in [0.5, 0.6) is 0 Å². The minimum Gasteiger partial charge on any atom is -0.325 e. The Labute approximate surface area is 164 Å². The van der Waals surface area contributed by atoms with E-state index in [1.807, 2.05) is 12.1 Å². The van der Waals surface area contributed by atoms with E-state index in [0.717, 1.165) is 12.0 Å². The molecule has 0 unspecified atom stereocenters. The normalized spacial score (nSPS) is 11.0. The molecule has 1 amide bonds. The number of hydrogen-bond acceptors (Lipinski definition) is 5. The first-order valence-corrected chi connectivity index (χ1v) is 9.75. The summed E-state index contributed by atoms with van der Waals surface area (Å²) in [5.74, 6) is 0.668. The molecule has 2 aromatic carbocycles. The van der Waals surface area contributed by atoms with Gasteiger partial charge in [0.05, 0.1) is 16.8 Å². The second kappa shape index (κ2) is 7.73. The zero-order chi connectivity index (χ0) is 19.5. The highest BCUT2D eigenvalue weighted by atomic mass is 32.2. The molecule has 0 radical (unpaired) electrons. The molecule has 142 valence electrons. The lowest BCUT2D eigenvalue weighted by Gasteiger charge is -2.04. The first-order valence-electron chi connectivity index (χ1n) is 8.77. The second-order valence-corrected chi connectivity index (χ2v) is 7.14. The summed E-state index contributed by atoms with van der Waals surface area (Å²) < 4.78 is 0. The molecule has 4 rings (SSSR count). The summed E-state index contributed by atoms with van der Waals surface area (Å²) in [5.41, 5.74) is 3.88. The quantitative estimate of drug-likeness (QED) is 0.375. The summed E-state index contributed by atoms with van der Waals surface area (Å²) in [5, 5.41) is 10.4. The number of H-pyrrole nitrogens is 3. The predicted molar refractivity (Wildman–Crippen MR) is 109 cm³/mol. The molecule has 0 bridgehead atoms. The predicted octanol–water partition coefficient (Wildman–Crippen LogP) is 2.93. The number of rotatable bonds is 6. The molecule has 0 spiro atoms. The highest BCUT2D eigenvalue weighted by Crippen LogP contribution is 2.20. The maximum Gasteiger partial charge on any atom is 0.323 e. The van der Waals surface area contributed by atoms with Crippen LogP contribution in [-0.2, 0) is 11.2 Å². The van der Waals surface area contributed by atoms with E-state index in [1.54, 1.807) is 18.2 Å². The Balaban J connectivity index is 1.36. The summed E-state index contributed by atoms with van der Waals surface area (Å²) in [7, 11) is 0. The summed E-state index contributed by atoms with van der Waals surface area (Å²) in [6.45, 7) is 2.11. The van der Waals surface area contributed by atoms with Gasteiger partial charge in [-0.2, -0.15) is 0 Å². The van der Waals surface area contributed by atoms with Gasteiger partial charge in [-0.25, -0.2) is 9.78 Å². The van der Waals surface area contributed by atoms with E-state index in [9.17, 15) is 9.59 Å². The molecule has 0 fully saturated rings. The number of amides is 1. The molecule has 0 aliphatic heterocycles. The Morgan fingerprint density at radius 3 is 2.68 bits per heavy atom. The average molecular weight is 394 g/mol. The Kier molecular flexibility index (Phi) is 4.98. The lowest BCUT2D eigenvalue weighted by molar-refractivity contribution is -0.113. The summed E-state index contributed by atoms with van der Waals surface area (Å²) in [4.78, 5) is 33.3. The van der Waals surface area contributed by atoms with Crippen LogP contribution in [0, 0.1) is 0 Å². The monoisotopic (exact) mass is 394 g/mol. The van der Waals surface area contributed by atoms with Crippen molar-refractivity contribution in [2.75, 3.05) is 11.1 Å². The molecule has 0 saturated carbocycles. The third-order valence-electron chi connectivity index (χ3n) is 4.23. The van der Waals surface area contributed by atoms with Gasteiger partial charge in [0.15, 0.2) is 5.82 Å². The second-order valence-electron chi connectivity index (χ2n) is 6.19. The minimum atomic E-state index is -0.279. The molecule has 9 heteroatoms. The minimum absolute atomic E-state index is 0.174. The van der Waals surface area contributed by atoms with Crippen LogP contribution in [0.15, 0.2) is 52.4 Å². The number of benzene rings is 2. The van der Waals surface area contributed by atoms with Crippen molar-refractivity contribution in [3.05, 3.63) is 58.5 Å².